The Morgan fingerprint density at radius 1 is 1.17 bits per heavy atom. The minimum Gasteiger partial charge on any atom is -0.317 e. The van der Waals surface area contributed by atoms with Crippen LogP contribution in [0.1, 0.15) is 63.0 Å². The number of likely N-dealkylation sites (tertiary alicyclic amines) is 1. The van der Waals surface area contributed by atoms with Crippen LogP contribution in [0.3, 0.4) is 0 Å². The zero-order chi connectivity index (χ0) is 25.1. The van der Waals surface area contributed by atoms with Crippen molar-refractivity contribution in [1.29, 1.82) is 0 Å². The lowest BCUT2D eigenvalue weighted by Crippen LogP contribution is -2.30. The number of hydrogen-bond acceptors (Lipinski definition) is 5. The van der Waals surface area contributed by atoms with Gasteiger partial charge in [-0.1, -0.05) is 18.7 Å². The number of piperidine rings is 1. The van der Waals surface area contributed by atoms with Gasteiger partial charge in [0.05, 0.1) is 5.56 Å². The van der Waals surface area contributed by atoms with Crippen molar-refractivity contribution in [2.75, 3.05) is 38.5 Å². The molecule has 0 amide bonds. The van der Waals surface area contributed by atoms with Crippen molar-refractivity contribution in [3.05, 3.63) is 47.5 Å². The fourth-order valence-corrected chi connectivity index (χ4v) is 6.30. The van der Waals surface area contributed by atoms with Gasteiger partial charge in [0, 0.05) is 23.9 Å². The summed E-state index contributed by atoms with van der Waals surface area (Å²) in [5.74, 6) is 1.89. The van der Waals surface area contributed by atoms with Crippen molar-refractivity contribution in [3.63, 3.8) is 0 Å². The molecule has 0 bridgehead atoms. The molecule has 3 fully saturated rings. The molecule has 1 aromatic rings. The van der Waals surface area contributed by atoms with Crippen LogP contribution in [-0.2, 0) is 6.18 Å². The number of benzene rings is 1. The number of halogens is 3. The Morgan fingerprint density at radius 2 is 1.89 bits per heavy atom. The second-order valence-electron chi connectivity index (χ2n) is 10.4. The summed E-state index contributed by atoms with van der Waals surface area (Å²) in [5, 5.41) is 13.4. The van der Waals surface area contributed by atoms with Crippen LogP contribution in [0.2, 0.25) is 0 Å². The van der Waals surface area contributed by atoms with E-state index in [0.717, 1.165) is 92.5 Å². The fraction of sp³-hybridized carbons (Fsp3) is 0.630. The molecule has 1 N–H and O–H groups in total. The van der Waals surface area contributed by atoms with Crippen LogP contribution < -0.4 is 5.32 Å². The van der Waals surface area contributed by atoms with Crippen LogP contribution >= 0.6 is 11.8 Å². The Kier molecular flexibility index (Phi) is 8.44. The zero-order valence-corrected chi connectivity index (χ0v) is 21.6. The normalized spacial score (nSPS) is 26.5. The summed E-state index contributed by atoms with van der Waals surface area (Å²) < 4.78 is 38.6. The van der Waals surface area contributed by atoms with E-state index in [2.05, 4.69) is 33.9 Å². The first-order chi connectivity index (χ1) is 16.7. The molecule has 0 unspecified atom stereocenters. The molecule has 2 saturated heterocycles. The highest BCUT2D eigenvalue weighted by Gasteiger charge is 2.57. The number of nitrogens with zero attached hydrogens (tertiary/aromatic N) is 3. The van der Waals surface area contributed by atoms with E-state index in [4.69, 9.17) is 0 Å². The van der Waals surface area contributed by atoms with Crippen molar-refractivity contribution in [2.45, 2.75) is 58.0 Å². The Bertz CT molecular complexity index is 950. The fourth-order valence-electron chi connectivity index (χ4n) is 5.49. The quantitative estimate of drug-likeness (QED) is 0.193. The molecule has 35 heavy (non-hydrogen) atoms. The van der Waals surface area contributed by atoms with E-state index in [1.807, 2.05) is 6.92 Å². The lowest BCUT2D eigenvalue weighted by atomic mass is 9.94. The lowest BCUT2D eigenvalue weighted by molar-refractivity contribution is -0.137. The average molecular weight is 507 g/mol. The molecule has 4 nitrogen and oxygen atoms in total. The zero-order valence-electron chi connectivity index (χ0n) is 20.8. The molecule has 2 aliphatic heterocycles. The number of rotatable bonds is 8. The first-order valence-corrected chi connectivity index (χ1v) is 13.7. The monoisotopic (exact) mass is 506 g/mol. The van der Waals surface area contributed by atoms with E-state index in [1.54, 1.807) is 23.9 Å². The molecule has 4 rings (SSSR count). The maximum absolute atomic E-state index is 12.9. The molecule has 0 radical (unpaired) electrons. The van der Waals surface area contributed by atoms with Gasteiger partial charge in [-0.15, -0.1) is 16.9 Å². The topological polar surface area (TPSA) is 40.0 Å². The third-order valence-electron chi connectivity index (χ3n) is 7.75. The van der Waals surface area contributed by atoms with Gasteiger partial charge in [-0.25, -0.2) is 0 Å². The molecule has 192 valence electrons. The van der Waals surface area contributed by atoms with E-state index >= 15 is 0 Å². The SMILES string of the molecule is C=C(C)/C(=N\N=C(/C)C1CCNCC1)SCCCN1CC[C@]2(C[C@@H]2c2ccc(C(F)(F)F)cc2)C1. The van der Waals surface area contributed by atoms with E-state index < -0.39 is 11.7 Å². The largest absolute Gasteiger partial charge is 0.416 e. The van der Waals surface area contributed by atoms with Crippen LogP contribution in [0.25, 0.3) is 0 Å². The van der Waals surface area contributed by atoms with Gasteiger partial charge in [0.1, 0.15) is 5.04 Å². The smallest absolute Gasteiger partial charge is 0.317 e. The van der Waals surface area contributed by atoms with Crippen LogP contribution in [0.4, 0.5) is 13.2 Å². The van der Waals surface area contributed by atoms with Gasteiger partial charge in [-0.2, -0.15) is 18.3 Å². The molecule has 2 heterocycles. The van der Waals surface area contributed by atoms with Crippen LogP contribution in [0.15, 0.2) is 46.6 Å². The number of hydrogen-bond donors (Lipinski definition) is 1. The molecule has 1 aliphatic carbocycles. The predicted molar refractivity (Wildman–Crippen MR) is 140 cm³/mol. The van der Waals surface area contributed by atoms with E-state index in [1.165, 1.54) is 12.1 Å². The Balaban J connectivity index is 1.21. The maximum atomic E-state index is 12.9. The summed E-state index contributed by atoms with van der Waals surface area (Å²) >= 11 is 1.73. The summed E-state index contributed by atoms with van der Waals surface area (Å²) in [6.07, 6.45) is 1.26. The Hall–Kier alpha value is -1.64. The molecule has 0 aromatic heterocycles. The first-order valence-electron chi connectivity index (χ1n) is 12.7. The van der Waals surface area contributed by atoms with Crippen molar-refractivity contribution >= 4 is 22.5 Å². The third kappa shape index (κ3) is 6.77. The Labute approximate surface area is 211 Å². The summed E-state index contributed by atoms with van der Waals surface area (Å²) in [4.78, 5) is 2.52. The molecule has 2 atom stereocenters. The molecule has 1 saturated carbocycles. The minimum absolute atomic E-state index is 0.262. The summed E-state index contributed by atoms with van der Waals surface area (Å²) in [7, 11) is 0. The van der Waals surface area contributed by atoms with Gasteiger partial charge in [-0.05, 0) is 107 Å². The van der Waals surface area contributed by atoms with Crippen molar-refractivity contribution in [1.82, 2.24) is 10.2 Å². The second kappa shape index (κ2) is 11.2. The van der Waals surface area contributed by atoms with Gasteiger partial charge >= 0.3 is 6.18 Å². The van der Waals surface area contributed by atoms with E-state index in [-0.39, 0.29) is 5.41 Å². The standard InChI is InChI=1S/C27H37F3N4S/c1-19(2)25(33-32-20(3)21-9-12-31-13-10-21)35-16-4-14-34-15-11-26(18-34)17-24(26)22-5-7-23(8-6-22)27(28,29)30/h5-8,21,24,31H,1,4,9-18H2,2-3H3/b32-20+,33-25+/t24-,26+/m1/s1. The second-order valence-corrected chi connectivity index (χ2v) is 11.5. The summed E-state index contributed by atoms with van der Waals surface area (Å²) in [6.45, 7) is 13.4. The van der Waals surface area contributed by atoms with Gasteiger partial charge in [0.15, 0.2) is 0 Å². The first kappa shape index (κ1) is 26.4. The average Bonchev–Trinajstić information content (AvgIpc) is 3.39. The molecular weight excluding hydrogens is 469 g/mol. The highest BCUT2D eigenvalue weighted by Crippen LogP contribution is 2.64. The minimum atomic E-state index is -4.27. The van der Waals surface area contributed by atoms with Gasteiger partial charge in [0.2, 0.25) is 0 Å². The lowest BCUT2D eigenvalue weighted by Gasteiger charge is -2.21. The molecule has 3 aliphatic rings. The molecule has 1 spiro atoms. The molecular formula is C27H37F3N4S. The molecule has 1 aromatic carbocycles. The number of alkyl halides is 3. The summed E-state index contributed by atoms with van der Waals surface area (Å²) in [5.41, 5.74) is 2.82. The van der Waals surface area contributed by atoms with Gasteiger partial charge < -0.3 is 10.2 Å². The predicted octanol–water partition coefficient (Wildman–Crippen LogP) is 6.36. The van der Waals surface area contributed by atoms with Crippen LogP contribution in [-0.4, -0.2) is 54.1 Å². The van der Waals surface area contributed by atoms with Crippen molar-refractivity contribution in [2.24, 2.45) is 21.5 Å². The van der Waals surface area contributed by atoms with Gasteiger partial charge in [-0.3, -0.25) is 0 Å². The van der Waals surface area contributed by atoms with Crippen molar-refractivity contribution in [3.8, 4) is 0 Å². The highest BCUT2D eigenvalue weighted by atomic mass is 32.2. The highest BCUT2D eigenvalue weighted by molar-refractivity contribution is 8.14. The Morgan fingerprint density at radius 3 is 2.54 bits per heavy atom. The number of thioether (sulfide) groups is 1. The van der Waals surface area contributed by atoms with E-state index in [9.17, 15) is 13.2 Å². The summed E-state index contributed by atoms with van der Waals surface area (Å²) in [6, 6.07) is 5.80. The number of nitrogens with one attached hydrogen (secondary N) is 1. The van der Waals surface area contributed by atoms with Crippen molar-refractivity contribution < 1.29 is 13.2 Å². The van der Waals surface area contributed by atoms with E-state index in [0.29, 0.717) is 11.8 Å². The van der Waals surface area contributed by atoms with Crippen LogP contribution in [0, 0.1) is 11.3 Å². The van der Waals surface area contributed by atoms with Gasteiger partial charge in [0.25, 0.3) is 0 Å². The van der Waals surface area contributed by atoms with Crippen LogP contribution in [0.5, 0.6) is 0 Å². The third-order valence-corrected chi connectivity index (χ3v) is 8.94. The molecule has 8 heteroatoms. The maximum Gasteiger partial charge on any atom is 0.416 e.